The maximum absolute atomic E-state index is 11.4. The van der Waals surface area contributed by atoms with Gasteiger partial charge in [0.1, 0.15) is 6.10 Å². The Bertz CT molecular complexity index is 726. The molecule has 0 radical (unpaired) electrons. The Morgan fingerprint density at radius 2 is 2.13 bits per heavy atom. The number of carbonyl (C=O) groups excluding carboxylic acids is 1. The van der Waals surface area contributed by atoms with Crippen molar-refractivity contribution in [2.45, 2.75) is 44.4 Å². The average molecular weight is 313 g/mol. The third-order valence-electron chi connectivity index (χ3n) is 5.45. The quantitative estimate of drug-likeness (QED) is 0.588. The van der Waals surface area contributed by atoms with E-state index >= 15 is 0 Å². The predicted octanol–water partition coefficient (Wildman–Crippen LogP) is 2.35. The fourth-order valence-electron chi connectivity index (χ4n) is 4.65. The molecule has 1 fully saturated rings. The highest BCUT2D eigenvalue weighted by Gasteiger charge is 2.45. The third kappa shape index (κ3) is 1.99. The molecule has 1 saturated heterocycles. The number of benzene rings is 1. The van der Waals surface area contributed by atoms with Gasteiger partial charge in [-0.05, 0) is 42.2 Å². The van der Waals surface area contributed by atoms with Gasteiger partial charge in [0.05, 0.1) is 0 Å². The summed E-state index contributed by atoms with van der Waals surface area (Å²) in [4.78, 5) is 13.9. The van der Waals surface area contributed by atoms with Gasteiger partial charge in [-0.15, -0.1) is 0 Å². The highest BCUT2D eigenvalue weighted by Crippen LogP contribution is 2.49. The second-order valence-corrected chi connectivity index (χ2v) is 6.80. The van der Waals surface area contributed by atoms with E-state index in [4.69, 9.17) is 14.2 Å². The predicted molar refractivity (Wildman–Crippen MR) is 82.4 cm³/mol. The number of hydrogen-bond acceptors (Lipinski definition) is 5. The molecule has 120 valence electrons. The third-order valence-corrected chi connectivity index (χ3v) is 5.45. The second kappa shape index (κ2) is 4.74. The van der Waals surface area contributed by atoms with Gasteiger partial charge in [0.15, 0.2) is 11.5 Å². The monoisotopic (exact) mass is 313 g/mol. The number of fused-ring (bicyclic) bond motifs is 3. The summed E-state index contributed by atoms with van der Waals surface area (Å²) >= 11 is 0. The largest absolute Gasteiger partial charge is 0.458 e. The lowest BCUT2D eigenvalue weighted by molar-refractivity contribution is -0.144. The second-order valence-electron chi connectivity index (χ2n) is 6.80. The van der Waals surface area contributed by atoms with Gasteiger partial charge in [0.25, 0.3) is 0 Å². The van der Waals surface area contributed by atoms with E-state index in [1.807, 2.05) is 0 Å². The molecule has 1 unspecified atom stereocenters. The van der Waals surface area contributed by atoms with E-state index < -0.39 is 0 Å². The highest BCUT2D eigenvalue weighted by molar-refractivity contribution is 5.66. The van der Waals surface area contributed by atoms with Crippen molar-refractivity contribution in [1.82, 2.24) is 4.90 Å². The van der Waals surface area contributed by atoms with Crippen LogP contribution in [0.2, 0.25) is 0 Å². The van der Waals surface area contributed by atoms with E-state index in [0.717, 1.165) is 37.4 Å². The maximum Gasteiger partial charge on any atom is 0.303 e. The Morgan fingerprint density at radius 3 is 2.96 bits per heavy atom. The molecule has 0 aromatic heterocycles. The van der Waals surface area contributed by atoms with Gasteiger partial charge < -0.3 is 14.2 Å². The van der Waals surface area contributed by atoms with Crippen molar-refractivity contribution < 1.29 is 19.0 Å². The summed E-state index contributed by atoms with van der Waals surface area (Å²) in [6, 6.07) is 4.73. The van der Waals surface area contributed by atoms with E-state index in [1.54, 1.807) is 0 Å². The van der Waals surface area contributed by atoms with Crippen LogP contribution in [0.4, 0.5) is 0 Å². The highest BCUT2D eigenvalue weighted by atomic mass is 16.7. The fourth-order valence-corrected chi connectivity index (χ4v) is 4.65. The Hall–Kier alpha value is -2.01. The molecule has 5 rings (SSSR count). The summed E-state index contributed by atoms with van der Waals surface area (Å²) in [5.41, 5.74) is 4.08. The van der Waals surface area contributed by atoms with Crippen LogP contribution in [0.3, 0.4) is 0 Å². The van der Waals surface area contributed by atoms with Crippen molar-refractivity contribution in [2.75, 3.05) is 13.3 Å². The summed E-state index contributed by atoms with van der Waals surface area (Å²) < 4.78 is 16.6. The zero-order chi connectivity index (χ0) is 15.6. The van der Waals surface area contributed by atoms with Crippen LogP contribution < -0.4 is 9.47 Å². The van der Waals surface area contributed by atoms with Crippen LogP contribution in [-0.2, 0) is 16.1 Å². The lowest BCUT2D eigenvalue weighted by atomic mass is 9.75. The Balaban J connectivity index is 1.58. The lowest BCUT2D eigenvalue weighted by Crippen LogP contribution is -2.43. The minimum Gasteiger partial charge on any atom is -0.458 e. The molecule has 0 saturated carbocycles. The maximum atomic E-state index is 11.4. The van der Waals surface area contributed by atoms with Crippen molar-refractivity contribution in [3.8, 4) is 11.5 Å². The van der Waals surface area contributed by atoms with Gasteiger partial charge in [0, 0.05) is 32.0 Å². The molecule has 1 aliphatic carbocycles. The van der Waals surface area contributed by atoms with Crippen LogP contribution in [0.1, 0.15) is 36.8 Å². The summed E-state index contributed by atoms with van der Waals surface area (Å²) in [5.74, 6) is 1.85. The molecule has 0 spiro atoms. The molecular formula is C18H19NO4. The fraction of sp³-hybridized carbons (Fsp3) is 0.500. The molecule has 1 aromatic rings. The van der Waals surface area contributed by atoms with Crippen LogP contribution in [0.5, 0.6) is 11.5 Å². The molecule has 4 aliphatic rings. The van der Waals surface area contributed by atoms with Gasteiger partial charge in [0.2, 0.25) is 6.79 Å². The minimum atomic E-state index is -0.207. The average Bonchev–Trinajstić information content (AvgIpc) is 3.12. The molecule has 3 aliphatic heterocycles. The number of rotatable bonds is 1. The number of nitrogens with zero attached hydrogens (tertiary/aromatic N) is 1. The first kappa shape index (κ1) is 13.4. The van der Waals surface area contributed by atoms with Crippen molar-refractivity contribution >= 4 is 5.97 Å². The van der Waals surface area contributed by atoms with Crippen molar-refractivity contribution in [3.05, 3.63) is 34.9 Å². The zero-order valence-electron chi connectivity index (χ0n) is 13.1. The van der Waals surface area contributed by atoms with Crippen LogP contribution in [0, 0.1) is 0 Å². The van der Waals surface area contributed by atoms with Crippen LogP contribution in [0.15, 0.2) is 23.8 Å². The van der Waals surface area contributed by atoms with E-state index in [9.17, 15) is 4.79 Å². The Morgan fingerprint density at radius 1 is 1.30 bits per heavy atom. The van der Waals surface area contributed by atoms with Crippen molar-refractivity contribution in [2.24, 2.45) is 0 Å². The zero-order valence-corrected chi connectivity index (χ0v) is 13.1. The van der Waals surface area contributed by atoms with E-state index in [1.165, 1.54) is 23.6 Å². The molecule has 0 N–H and O–H groups in total. The van der Waals surface area contributed by atoms with Gasteiger partial charge in [-0.25, -0.2) is 0 Å². The summed E-state index contributed by atoms with van der Waals surface area (Å²) in [7, 11) is 0. The lowest BCUT2D eigenvalue weighted by Gasteiger charge is -2.42. The molecule has 3 atom stereocenters. The van der Waals surface area contributed by atoms with Crippen molar-refractivity contribution in [1.29, 1.82) is 0 Å². The van der Waals surface area contributed by atoms with E-state index in [2.05, 4.69) is 23.1 Å². The Kier molecular flexibility index (Phi) is 2.77. The first-order valence-electron chi connectivity index (χ1n) is 8.23. The molecule has 5 nitrogen and oxygen atoms in total. The minimum absolute atomic E-state index is 0.111. The van der Waals surface area contributed by atoms with Gasteiger partial charge in [-0.2, -0.15) is 0 Å². The molecule has 23 heavy (non-hydrogen) atoms. The van der Waals surface area contributed by atoms with Gasteiger partial charge in [-0.1, -0.05) is 5.57 Å². The van der Waals surface area contributed by atoms with E-state index in [-0.39, 0.29) is 12.1 Å². The van der Waals surface area contributed by atoms with Gasteiger partial charge in [-0.3, -0.25) is 9.69 Å². The van der Waals surface area contributed by atoms with Gasteiger partial charge >= 0.3 is 5.97 Å². The number of carbonyl (C=O) groups is 1. The van der Waals surface area contributed by atoms with Crippen LogP contribution in [0.25, 0.3) is 0 Å². The summed E-state index contributed by atoms with van der Waals surface area (Å²) in [6.45, 7) is 3.83. The van der Waals surface area contributed by atoms with Crippen LogP contribution in [-0.4, -0.2) is 36.4 Å². The first-order valence-corrected chi connectivity index (χ1v) is 8.23. The molecule has 5 heteroatoms. The topological polar surface area (TPSA) is 48.0 Å². The summed E-state index contributed by atoms with van der Waals surface area (Å²) in [5, 5.41) is 0. The SMILES string of the molecule is CC(=O)O[C@H]1C=C2CCN3Cc4cc5c(cc4[C@H](C1)C23)OCO5. The number of esters is 1. The summed E-state index contributed by atoms with van der Waals surface area (Å²) in [6.07, 6.45) is 3.98. The molecule has 0 bridgehead atoms. The number of ether oxygens (including phenoxy) is 3. The standard InChI is InChI=1S/C18H19NO4/c1-10(20)23-13-4-11-2-3-19-8-12-5-16-17(22-9-21-16)7-14(12)15(6-13)18(11)19/h4-5,7,13,15,18H,2-3,6,8-9H2,1H3/t13-,15-,18?/m0/s1. The normalized spacial score (nSPS) is 30.5. The molecular weight excluding hydrogens is 294 g/mol. The molecule has 1 aromatic carbocycles. The first-order chi connectivity index (χ1) is 11.2. The smallest absolute Gasteiger partial charge is 0.303 e. The Labute approximate surface area is 134 Å². The molecule has 3 heterocycles. The number of hydrogen-bond donors (Lipinski definition) is 0. The van der Waals surface area contributed by atoms with Crippen molar-refractivity contribution in [3.63, 3.8) is 0 Å². The van der Waals surface area contributed by atoms with Crippen LogP contribution >= 0.6 is 0 Å². The molecule has 0 amide bonds. The van der Waals surface area contributed by atoms with E-state index in [0.29, 0.717) is 18.8 Å².